The number of fused-ring (bicyclic) bond motifs is 1. The Kier molecular flexibility index (Phi) is 8.90. The van der Waals surface area contributed by atoms with Crippen LogP contribution < -0.4 is 10.6 Å². The van der Waals surface area contributed by atoms with Gasteiger partial charge in [-0.2, -0.15) is 0 Å². The van der Waals surface area contributed by atoms with E-state index in [0.717, 1.165) is 25.8 Å². The molecule has 2 aliphatic heterocycles. The molecule has 2 aromatic rings. The molecule has 0 saturated carbocycles. The topological polar surface area (TPSA) is 92.7 Å². The molecule has 2 saturated heterocycles. The van der Waals surface area contributed by atoms with Gasteiger partial charge in [-0.15, -0.1) is 0 Å². The third-order valence-corrected chi connectivity index (χ3v) is 8.07. The van der Waals surface area contributed by atoms with Gasteiger partial charge in [-0.3, -0.25) is 14.4 Å². The number of nitrogens with zero attached hydrogens (tertiary/aromatic N) is 2. The molecule has 0 bridgehead atoms. The van der Waals surface area contributed by atoms with Crippen LogP contribution >= 0.6 is 0 Å². The Hall–Kier alpha value is -2.87. The van der Waals surface area contributed by atoms with Crippen molar-refractivity contribution in [2.75, 3.05) is 26.3 Å². The lowest BCUT2D eigenvalue weighted by Gasteiger charge is -2.41. The summed E-state index contributed by atoms with van der Waals surface area (Å²) in [5.74, 6) is -0.123. The van der Waals surface area contributed by atoms with Crippen LogP contribution in [0.4, 0.5) is 0 Å². The average molecular weight is 511 g/mol. The van der Waals surface area contributed by atoms with Gasteiger partial charge in [0.15, 0.2) is 0 Å². The summed E-state index contributed by atoms with van der Waals surface area (Å²) in [6.45, 7) is 8.88. The zero-order valence-electron chi connectivity index (χ0n) is 22.6. The van der Waals surface area contributed by atoms with Gasteiger partial charge < -0.3 is 24.8 Å². The van der Waals surface area contributed by atoms with Crippen molar-refractivity contribution in [1.29, 1.82) is 0 Å². The molecule has 3 amide bonds. The van der Waals surface area contributed by atoms with Crippen molar-refractivity contribution in [2.24, 2.45) is 5.41 Å². The Morgan fingerprint density at radius 2 is 1.84 bits per heavy atom. The Bertz CT molecular complexity index is 1100. The highest BCUT2D eigenvalue weighted by atomic mass is 16.5. The predicted molar refractivity (Wildman–Crippen MR) is 144 cm³/mol. The first-order valence-electron chi connectivity index (χ1n) is 13.9. The molecule has 0 unspecified atom stereocenters. The fourth-order valence-electron chi connectivity index (χ4n) is 5.71. The van der Waals surface area contributed by atoms with Gasteiger partial charge in [0.1, 0.15) is 6.04 Å². The molecular formula is C29H42N4O4. The number of benzene rings is 1. The molecule has 202 valence electrons. The van der Waals surface area contributed by atoms with Gasteiger partial charge >= 0.3 is 0 Å². The van der Waals surface area contributed by atoms with Gasteiger partial charge in [0, 0.05) is 55.8 Å². The third-order valence-electron chi connectivity index (χ3n) is 8.07. The van der Waals surface area contributed by atoms with Crippen molar-refractivity contribution < 1.29 is 19.1 Å². The molecule has 37 heavy (non-hydrogen) atoms. The summed E-state index contributed by atoms with van der Waals surface area (Å²) in [6.07, 6.45) is 7.07. The normalized spacial score (nSPS) is 23.6. The number of carbonyl (C=O) groups is 3. The van der Waals surface area contributed by atoms with Crippen LogP contribution in [0.15, 0.2) is 30.5 Å². The van der Waals surface area contributed by atoms with Crippen LogP contribution in [-0.4, -0.2) is 65.6 Å². The summed E-state index contributed by atoms with van der Waals surface area (Å²) < 4.78 is 7.95. The first-order chi connectivity index (χ1) is 17.8. The second-order valence-corrected chi connectivity index (χ2v) is 10.8. The first kappa shape index (κ1) is 27.2. The maximum Gasteiger partial charge on any atom is 0.242 e. The predicted octanol–water partition coefficient (Wildman–Crippen LogP) is 3.41. The van der Waals surface area contributed by atoms with Crippen LogP contribution in [0.1, 0.15) is 64.9 Å². The summed E-state index contributed by atoms with van der Waals surface area (Å²) in [5.41, 5.74) is 1.86. The molecule has 1 spiro atoms. The maximum absolute atomic E-state index is 13.4. The first-order valence-corrected chi connectivity index (χ1v) is 13.9. The minimum Gasteiger partial charge on any atom is -0.379 e. The SMILES string of the molecule is CCn1cc(CCC(=O)N2CCC3(CCCCOC[C@H](C)NC(=O)[C@H](C)NC3=O)CC2)c2ccccc21. The Labute approximate surface area is 220 Å². The highest BCUT2D eigenvalue weighted by Crippen LogP contribution is 2.37. The average Bonchev–Trinajstić information content (AvgIpc) is 3.27. The summed E-state index contributed by atoms with van der Waals surface area (Å²) in [6, 6.07) is 7.63. The van der Waals surface area contributed by atoms with Crippen LogP contribution in [0.25, 0.3) is 10.9 Å². The van der Waals surface area contributed by atoms with E-state index in [-0.39, 0.29) is 23.8 Å². The van der Waals surface area contributed by atoms with Crippen molar-refractivity contribution in [3.05, 3.63) is 36.0 Å². The molecule has 3 heterocycles. The Morgan fingerprint density at radius 3 is 2.59 bits per heavy atom. The molecule has 1 aromatic carbocycles. The lowest BCUT2D eigenvalue weighted by molar-refractivity contribution is -0.142. The van der Waals surface area contributed by atoms with E-state index in [1.807, 2.05) is 24.0 Å². The third kappa shape index (κ3) is 6.35. The van der Waals surface area contributed by atoms with Crippen molar-refractivity contribution in [2.45, 2.75) is 84.3 Å². The van der Waals surface area contributed by atoms with E-state index in [4.69, 9.17) is 4.74 Å². The van der Waals surface area contributed by atoms with E-state index in [1.54, 1.807) is 6.92 Å². The van der Waals surface area contributed by atoms with Gasteiger partial charge in [-0.1, -0.05) is 24.6 Å². The number of likely N-dealkylation sites (tertiary alicyclic amines) is 1. The van der Waals surface area contributed by atoms with Crippen LogP contribution in [0.5, 0.6) is 0 Å². The van der Waals surface area contributed by atoms with Gasteiger partial charge in [0.25, 0.3) is 0 Å². The van der Waals surface area contributed by atoms with Gasteiger partial charge in [-0.05, 0) is 64.5 Å². The van der Waals surface area contributed by atoms with E-state index in [1.165, 1.54) is 16.5 Å². The fourth-order valence-corrected chi connectivity index (χ4v) is 5.71. The molecule has 2 atom stereocenters. The van der Waals surface area contributed by atoms with Crippen LogP contribution in [0.3, 0.4) is 0 Å². The molecular weight excluding hydrogens is 468 g/mol. The number of piperidine rings is 1. The van der Waals surface area contributed by atoms with Gasteiger partial charge in [0.05, 0.1) is 12.0 Å². The molecule has 0 aliphatic carbocycles. The lowest BCUT2D eigenvalue weighted by Crippen LogP contribution is -2.55. The van der Waals surface area contributed by atoms with E-state index >= 15 is 0 Å². The second-order valence-electron chi connectivity index (χ2n) is 10.8. The minimum atomic E-state index is -0.613. The number of aryl methyl sites for hydroxylation is 2. The zero-order chi connectivity index (χ0) is 26.4. The van der Waals surface area contributed by atoms with Crippen LogP contribution in [0, 0.1) is 5.41 Å². The van der Waals surface area contributed by atoms with Crippen molar-refractivity contribution >= 4 is 28.6 Å². The van der Waals surface area contributed by atoms with Crippen molar-refractivity contribution in [1.82, 2.24) is 20.1 Å². The minimum absolute atomic E-state index is 0.0672. The van der Waals surface area contributed by atoms with Gasteiger partial charge in [-0.25, -0.2) is 0 Å². The highest BCUT2D eigenvalue weighted by molar-refractivity contribution is 5.90. The quantitative estimate of drug-likeness (QED) is 0.659. The van der Waals surface area contributed by atoms with Crippen LogP contribution in [0.2, 0.25) is 0 Å². The number of carbonyl (C=O) groups excluding carboxylic acids is 3. The number of aromatic nitrogens is 1. The van der Waals surface area contributed by atoms with E-state index in [2.05, 4.69) is 40.5 Å². The number of rotatable bonds is 4. The molecule has 2 fully saturated rings. The number of nitrogens with one attached hydrogen (secondary N) is 2. The van der Waals surface area contributed by atoms with E-state index in [9.17, 15) is 14.4 Å². The molecule has 8 nitrogen and oxygen atoms in total. The monoisotopic (exact) mass is 510 g/mol. The summed E-state index contributed by atoms with van der Waals surface area (Å²) >= 11 is 0. The van der Waals surface area contributed by atoms with Crippen molar-refractivity contribution in [3.63, 3.8) is 0 Å². The molecule has 8 heteroatoms. The number of hydrogen-bond acceptors (Lipinski definition) is 4. The summed E-state index contributed by atoms with van der Waals surface area (Å²) in [7, 11) is 0. The highest BCUT2D eigenvalue weighted by Gasteiger charge is 2.42. The molecule has 4 rings (SSSR count). The smallest absolute Gasteiger partial charge is 0.242 e. The zero-order valence-corrected chi connectivity index (χ0v) is 22.6. The Morgan fingerprint density at radius 1 is 1.08 bits per heavy atom. The van der Waals surface area contributed by atoms with Gasteiger partial charge in [0.2, 0.25) is 17.7 Å². The number of ether oxygens (including phenoxy) is 1. The number of hydrogen-bond donors (Lipinski definition) is 2. The molecule has 0 radical (unpaired) electrons. The largest absolute Gasteiger partial charge is 0.379 e. The summed E-state index contributed by atoms with van der Waals surface area (Å²) in [5, 5.41) is 7.09. The Balaban J connectivity index is 1.38. The van der Waals surface area contributed by atoms with E-state index < -0.39 is 11.5 Å². The standard InChI is InChI=1S/C29H42N4O4/c1-4-32-19-23(24-9-5-6-10-25(24)32)11-12-26(34)33-16-14-29(15-17-33)13-7-8-18-37-20-21(2)30-27(35)22(3)31-28(29)36/h5-6,9-10,19,21-22H,4,7-8,11-18,20H2,1-3H3,(H,30,35)(H,31,36)/t21-,22-/m0/s1. The number of amides is 3. The summed E-state index contributed by atoms with van der Waals surface area (Å²) in [4.78, 5) is 41.1. The molecule has 2 aliphatic rings. The molecule has 2 N–H and O–H groups in total. The molecule has 1 aromatic heterocycles. The second kappa shape index (κ2) is 12.1. The van der Waals surface area contributed by atoms with E-state index in [0.29, 0.717) is 52.0 Å². The maximum atomic E-state index is 13.4. The van der Waals surface area contributed by atoms with Crippen LogP contribution in [-0.2, 0) is 32.1 Å². The fraction of sp³-hybridized carbons (Fsp3) is 0.621. The van der Waals surface area contributed by atoms with Crippen molar-refractivity contribution in [3.8, 4) is 0 Å². The lowest BCUT2D eigenvalue weighted by atomic mass is 9.73. The number of para-hydroxylation sites is 1.